The van der Waals surface area contributed by atoms with Gasteiger partial charge in [-0.05, 0) is 109 Å². The van der Waals surface area contributed by atoms with E-state index in [9.17, 15) is 0 Å². The molecular weight excluding hydrogens is 576 g/mol. The molecule has 9 heteroatoms. The number of amidine groups is 2. The van der Waals surface area contributed by atoms with Gasteiger partial charge >= 0.3 is 0 Å². The Labute approximate surface area is 241 Å². The molecule has 4 aromatic carbocycles. The molecule has 0 amide bonds. The van der Waals surface area contributed by atoms with Gasteiger partial charge in [0, 0.05) is 4.47 Å². The van der Waals surface area contributed by atoms with Gasteiger partial charge in [-0.25, -0.2) is 9.98 Å². The van der Waals surface area contributed by atoms with Crippen molar-refractivity contribution in [2.45, 2.75) is 0 Å². The molecule has 7 nitrogen and oxygen atoms in total. The van der Waals surface area contributed by atoms with Crippen LogP contribution in [0, 0.1) is 0 Å². The molecule has 39 heavy (non-hydrogen) atoms. The van der Waals surface area contributed by atoms with E-state index >= 15 is 0 Å². The van der Waals surface area contributed by atoms with E-state index < -0.39 is 0 Å². The summed E-state index contributed by atoms with van der Waals surface area (Å²) in [4.78, 5) is 14.0. The monoisotopic (exact) mass is 600 g/mol. The molecule has 1 saturated heterocycles. The van der Waals surface area contributed by atoms with Gasteiger partial charge in [-0.3, -0.25) is 9.80 Å². The maximum absolute atomic E-state index is 6.09. The Balaban J connectivity index is 1.72. The zero-order valence-corrected chi connectivity index (χ0v) is 23.9. The molecule has 5 rings (SSSR count). The van der Waals surface area contributed by atoms with Crippen LogP contribution in [0.2, 0.25) is 0 Å². The van der Waals surface area contributed by atoms with E-state index in [4.69, 9.17) is 36.4 Å². The number of rotatable bonds is 7. The van der Waals surface area contributed by atoms with Crippen molar-refractivity contribution in [1.29, 1.82) is 0 Å². The van der Waals surface area contributed by atoms with Gasteiger partial charge < -0.3 is 14.2 Å². The second kappa shape index (κ2) is 11.7. The van der Waals surface area contributed by atoms with Crippen molar-refractivity contribution >= 4 is 67.7 Å². The van der Waals surface area contributed by atoms with Gasteiger partial charge in [0.15, 0.2) is 16.8 Å². The van der Waals surface area contributed by atoms with Crippen LogP contribution in [-0.2, 0) is 0 Å². The Bertz CT molecular complexity index is 1520. The molecule has 1 aliphatic rings. The van der Waals surface area contributed by atoms with Gasteiger partial charge in [-0.15, -0.1) is 0 Å². The second-order valence-corrected chi connectivity index (χ2v) is 9.68. The summed E-state index contributed by atoms with van der Waals surface area (Å²) in [5.74, 6) is 3.40. The third-order valence-corrected chi connectivity index (χ3v) is 6.93. The number of thiocarbonyl (C=S) groups is 1. The van der Waals surface area contributed by atoms with Crippen LogP contribution in [0.3, 0.4) is 0 Å². The minimum absolute atomic E-state index is 0.516. The summed E-state index contributed by atoms with van der Waals surface area (Å²) in [5, 5.41) is 0.516. The number of benzene rings is 4. The summed E-state index contributed by atoms with van der Waals surface area (Å²) < 4.78 is 17.0. The molecule has 0 bridgehead atoms. The molecular formula is C30H25BrN4O3S. The molecule has 0 spiro atoms. The van der Waals surface area contributed by atoms with Gasteiger partial charge in [-0.2, -0.15) is 0 Å². The zero-order chi connectivity index (χ0) is 27.4. The predicted octanol–water partition coefficient (Wildman–Crippen LogP) is 7.55. The molecule has 1 fully saturated rings. The molecule has 0 atom stereocenters. The van der Waals surface area contributed by atoms with E-state index in [1.54, 1.807) is 21.3 Å². The van der Waals surface area contributed by atoms with Gasteiger partial charge in [-0.1, -0.05) is 15.9 Å². The Morgan fingerprint density at radius 3 is 1.23 bits per heavy atom. The SMILES string of the molecule is COc1ccc(N=C2C(=Nc3ccc(OC)cc3)N(c3ccc(OC)cc3)C(=S)N2c2ccc(Br)cc2)cc1. The maximum atomic E-state index is 6.09. The molecule has 0 saturated carbocycles. The van der Waals surface area contributed by atoms with Crippen LogP contribution in [0.5, 0.6) is 17.2 Å². The van der Waals surface area contributed by atoms with Gasteiger partial charge in [0.25, 0.3) is 0 Å². The van der Waals surface area contributed by atoms with Crippen molar-refractivity contribution in [3.8, 4) is 17.2 Å². The fourth-order valence-corrected chi connectivity index (χ4v) is 4.67. The van der Waals surface area contributed by atoms with E-state index in [-0.39, 0.29) is 0 Å². The van der Waals surface area contributed by atoms with Crippen LogP contribution in [0.15, 0.2) is 112 Å². The Morgan fingerprint density at radius 1 is 0.538 bits per heavy atom. The molecule has 0 unspecified atom stereocenters. The van der Waals surface area contributed by atoms with Crippen molar-refractivity contribution in [3.63, 3.8) is 0 Å². The van der Waals surface area contributed by atoms with Crippen LogP contribution in [0.25, 0.3) is 0 Å². The van der Waals surface area contributed by atoms with E-state index in [2.05, 4.69) is 15.9 Å². The van der Waals surface area contributed by atoms with Gasteiger partial charge in [0.1, 0.15) is 17.2 Å². The fraction of sp³-hybridized carbons (Fsp3) is 0.100. The van der Waals surface area contributed by atoms with Crippen molar-refractivity contribution in [2.75, 3.05) is 31.1 Å². The van der Waals surface area contributed by atoms with E-state index in [0.29, 0.717) is 16.8 Å². The lowest BCUT2D eigenvalue weighted by Crippen LogP contribution is -2.33. The molecule has 1 aliphatic heterocycles. The first-order chi connectivity index (χ1) is 19.0. The van der Waals surface area contributed by atoms with Crippen LogP contribution in [0.1, 0.15) is 0 Å². The Kier molecular flexibility index (Phi) is 7.90. The minimum atomic E-state index is 0.516. The average molecular weight is 602 g/mol. The highest BCUT2D eigenvalue weighted by Crippen LogP contribution is 2.33. The first-order valence-electron chi connectivity index (χ1n) is 12.0. The lowest BCUT2D eigenvalue weighted by Gasteiger charge is -2.21. The quantitative estimate of drug-likeness (QED) is 0.204. The van der Waals surface area contributed by atoms with E-state index in [1.807, 2.05) is 107 Å². The molecule has 0 aromatic heterocycles. The van der Waals surface area contributed by atoms with Crippen molar-refractivity contribution in [1.82, 2.24) is 0 Å². The van der Waals surface area contributed by atoms with Crippen LogP contribution in [0.4, 0.5) is 22.7 Å². The average Bonchev–Trinajstić information content (AvgIpc) is 3.24. The fourth-order valence-electron chi connectivity index (χ4n) is 4.03. The number of anilines is 2. The number of hydrogen-bond donors (Lipinski definition) is 0. The van der Waals surface area contributed by atoms with Gasteiger partial charge in [0.2, 0.25) is 0 Å². The smallest absolute Gasteiger partial charge is 0.192 e. The first-order valence-corrected chi connectivity index (χ1v) is 13.2. The van der Waals surface area contributed by atoms with Crippen LogP contribution < -0.4 is 24.0 Å². The second-order valence-electron chi connectivity index (χ2n) is 8.39. The Hall–Kier alpha value is -4.21. The number of aliphatic imine (C=N–C) groups is 2. The maximum Gasteiger partial charge on any atom is 0.192 e. The summed E-state index contributed by atoms with van der Waals surface area (Å²) in [6.45, 7) is 0. The highest BCUT2D eigenvalue weighted by molar-refractivity contribution is 9.10. The highest BCUT2D eigenvalue weighted by atomic mass is 79.9. The summed E-state index contributed by atoms with van der Waals surface area (Å²) >= 11 is 9.62. The number of hydrogen-bond acceptors (Lipinski definition) is 6. The molecule has 0 aliphatic carbocycles. The third-order valence-electron chi connectivity index (χ3n) is 6.04. The van der Waals surface area contributed by atoms with E-state index in [0.717, 1.165) is 44.5 Å². The first kappa shape index (κ1) is 26.4. The number of halogens is 1. The zero-order valence-electron chi connectivity index (χ0n) is 21.5. The highest BCUT2D eigenvalue weighted by Gasteiger charge is 2.40. The number of ether oxygens (including phenoxy) is 3. The molecule has 196 valence electrons. The van der Waals surface area contributed by atoms with Crippen molar-refractivity contribution in [3.05, 3.63) is 102 Å². The van der Waals surface area contributed by atoms with Gasteiger partial charge in [0.05, 0.1) is 44.1 Å². The number of nitrogens with zero attached hydrogens (tertiary/aromatic N) is 4. The summed E-state index contributed by atoms with van der Waals surface area (Å²) in [5.41, 5.74) is 3.14. The summed E-state index contributed by atoms with van der Waals surface area (Å²) in [6.07, 6.45) is 0. The molecule has 0 radical (unpaired) electrons. The molecule has 1 heterocycles. The number of methoxy groups -OCH3 is 3. The van der Waals surface area contributed by atoms with Crippen molar-refractivity contribution < 1.29 is 14.2 Å². The third kappa shape index (κ3) is 5.64. The largest absolute Gasteiger partial charge is 0.497 e. The Morgan fingerprint density at radius 2 is 0.872 bits per heavy atom. The van der Waals surface area contributed by atoms with Crippen LogP contribution >= 0.6 is 28.1 Å². The van der Waals surface area contributed by atoms with Crippen molar-refractivity contribution in [2.24, 2.45) is 9.98 Å². The topological polar surface area (TPSA) is 58.9 Å². The van der Waals surface area contributed by atoms with E-state index in [1.165, 1.54) is 0 Å². The molecule has 4 aromatic rings. The normalized spacial score (nSPS) is 15.2. The lowest BCUT2D eigenvalue weighted by molar-refractivity contribution is 0.414. The summed E-state index contributed by atoms with van der Waals surface area (Å²) in [7, 11) is 4.91. The molecule has 0 N–H and O–H groups in total. The lowest BCUT2D eigenvalue weighted by atomic mass is 10.2. The standard InChI is InChI=1S/C30H25BrN4O3S/c1-36-25-14-6-21(7-15-25)32-28-29(33-22-8-16-26(37-2)17-9-22)35(24-12-18-27(38-3)19-13-24)30(39)34(28)23-10-4-20(31)5-11-23/h4-19H,1-3H3. The predicted molar refractivity (Wildman–Crippen MR) is 165 cm³/mol. The summed E-state index contributed by atoms with van der Waals surface area (Å²) in [6, 6.07) is 30.7. The minimum Gasteiger partial charge on any atom is -0.497 e. The van der Waals surface area contributed by atoms with Crippen LogP contribution in [-0.4, -0.2) is 38.1 Å².